The lowest BCUT2D eigenvalue weighted by Gasteiger charge is -2.25. The lowest BCUT2D eigenvalue weighted by molar-refractivity contribution is -0.133. The summed E-state index contributed by atoms with van der Waals surface area (Å²) in [5, 5.41) is 2.78. The van der Waals surface area contributed by atoms with Gasteiger partial charge in [0, 0.05) is 12.1 Å². The smallest absolute Gasteiger partial charge is 0.246 e. The third-order valence-corrected chi connectivity index (χ3v) is 2.64. The molecule has 1 aliphatic heterocycles. The quantitative estimate of drug-likeness (QED) is 0.816. The van der Waals surface area contributed by atoms with Crippen molar-refractivity contribution < 1.29 is 14.3 Å². The van der Waals surface area contributed by atoms with E-state index in [4.69, 9.17) is 9.47 Å². The van der Waals surface area contributed by atoms with E-state index in [1.54, 1.807) is 7.11 Å². The number of methoxy groups -OCH3 is 1. The summed E-state index contributed by atoms with van der Waals surface area (Å²) in [6.45, 7) is 2.62. The maximum Gasteiger partial charge on any atom is 0.246 e. The Bertz CT molecular complexity index is 393. The van der Waals surface area contributed by atoms with Crippen LogP contribution in [0.25, 0.3) is 0 Å². The molecular weight excluding hydrogens is 206 g/mol. The van der Waals surface area contributed by atoms with Gasteiger partial charge in [0.1, 0.15) is 18.5 Å². The van der Waals surface area contributed by atoms with Gasteiger partial charge in [-0.15, -0.1) is 0 Å². The molecule has 86 valence electrons. The molecule has 0 spiro atoms. The summed E-state index contributed by atoms with van der Waals surface area (Å²) in [5.41, 5.74) is 2.12. The minimum atomic E-state index is -0.117. The van der Waals surface area contributed by atoms with Crippen LogP contribution in [0, 0.1) is 6.92 Å². The maximum absolute atomic E-state index is 11.0. The summed E-state index contributed by atoms with van der Waals surface area (Å²) in [6, 6.07) is 5.96. The molecule has 1 aromatic rings. The summed E-state index contributed by atoms with van der Waals surface area (Å²) in [5.74, 6) is 0.739. The molecule has 1 N–H and O–H groups in total. The van der Waals surface area contributed by atoms with Gasteiger partial charge < -0.3 is 14.8 Å². The first-order valence-electron chi connectivity index (χ1n) is 5.23. The summed E-state index contributed by atoms with van der Waals surface area (Å²) in [7, 11) is 1.64. The Hall–Kier alpha value is -1.55. The molecule has 4 heteroatoms. The predicted molar refractivity (Wildman–Crippen MR) is 59.4 cm³/mol. The molecule has 1 fully saturated rings. The molecule has 2 rings (SSSR count). The molecule has 1 atom stereocenters. The van der Waals surface area contributed by atoms with E-state index < -0.39 is 0 Å². The van der Waals surface area contributed by atoms with Crippen LogP contribution in [0.3, 0.4) is 0 Å². The number of nitrogens with one attached hydrogen (secondary N) is 1. The summed E-state index contributed by atoms with van der Waals surface area (Å²) in [6.07, 6.45) is -0.117. The van der Waals surface area contributed by atoms with Crippen LogP contribution in [-0.4, -0.2) is 26.2 Å². The Morgan fingerprint density at radius 1 is 1.50 bits per heavy atom. The third-order valence-electron chi connectivity index (χ3n) is 2.64. The molecule has 4 nitrogen and oxygen atoms in total. The third kappa shape index (κ3) is 2.17. The fraction of sp³-hybridized carbons (Fsp3) is 0.417. The maximum atomic E-state index is 11.0. The van der Waals surface area contributed by atoms with Gasteiger partial charge in [0.05, 0.1) is 7.11 Å². The molecule has 0 radical (unpaired) electrons. The van der Waals surface area contributed by atoms with Gasteiger partial charge >= 0.3 is 0 Å². The lowest BCUT2D eigenvalue weighted by Crippen LogP contribution is -2.38. The highest BCUT2D eigenvalue weighted by Gasteiger charge is 2.22. The van der Waals surface area contributed by atoms with E-state index in [0.717, 1.165) is 16.9 Å². The fourth-order valence-corrected chi connectivity index (χ4v) is 1.78. The van der Waals surface area contributed by atoms with Gasteiger partial charge in [0.2, 0.25) is 5.91 Å². The Kier molecular flexibility index (Phi) is 3.10. The van der Waals surface area contributed by atoms with E-state index >= 15 is 0 Å². The number of carbonyl (C=O) groups is 1. The first-order chi connectivity index (χ1) is 7.70. The number of ether oxygens (including phenoxy) is 2. The molecule has 0 bridgehead atoms. The van der Waals surface area contributed by atoms with Crippen molar-refractivity contribution in [1.82, 2.24) is 5.32 Å². The van der Waals surface area contributed by atoms with Gasteiger partial charge in [-0.2, -0.15) is 0 Å². The van der Waals surface area contributed by atoms with Crippen LogP contribution in [0.15, 0.2) is 18.2 Å². The van der Waals surface area contributed by atoms with Gasteiger partial charge in [-0.1, -0.05) is 12.1 Å². The zero-order valence-corrected chi connectivity index (χ0v) is 9.45. The predicted octanol–water partition coefficient (Wildman–Crippen LogP) is 1.19. The van der Waals surface area contributed by atoms with Crippen molar-refractivity contribution in [2.45, 2.75) is 13.0 Å². The highest BCUT2D eigenvalue weighted by atomic mass is 16.5. The van der Waals surface area contributed by atoms with Gasteiger partial charge in [0.25, 0.3) is 0 Å². The van der Waals surface area contributed by atoms with E-state index in [2.05, 4.69) is 5.32 Å². The second kappa shape index (κ2) is 4.53. The molecule has 0 aliphatic carbocycles. The second-order valence-electron chi connectivity index (χ2n) is 3.85. The van der Waals surface area contributed by atoms with Crippen molar-refractivity contribution in [2.75, 3.05) is 20.3 Å². The molecule has 16 heavy (non-hydrogen) atoms. The topological polar surface area (TPSA) is 47.6 Å². The molecule has 0 unspecified atom stereocenters. The number of hydrogen-bond donors (Lipinski definition) is 1. The van der Waals surface area contributed by atoms with Crippen LogP contribution in [0.1, 0.15) is 17.2 Å². The molecule has 1 heterocycles. The number of hydrogen-bond acceptors (Lipinski definition) is 3. The SMILES string of the molecule is COc1cc(C)ccc1[C@H]1CNC(=O)CO1. The van der Waals surface area contributed by atoms with Crippen LogP contribution < -0.4 is 10.1 Å². The highest BCUT2D eigenvalue weighted by molar-refractivity contribution is 5.77. The van der Waals surface area contributed by atoms with Gasteiger partial charge in [-0.3, -0.25) is 4.79 Å². The molecule has 1 aliphatic rings. The zero-order chi connectivity index (χ0) is 11.5. The van der Waals surface area contributed by atoms with Gasteiger partial charge in [-0.05, 0) is 18.6 Å². The van der Waals surface area contributed by atoms with E-state index in [-0.39, 0.29) is 18.6 Å². The molecule has 1 amide bonds. The Labute approximate surface area is 94.6 Å². The number of aryl methyl sites for hydroxylation is 1. The van der Waals surface area contributed by atoms with Crippen LogP contribution in [0.2, 0.25) is 0 Å². The minimum Gasteiger partial charge on any atom is -0.496 e. The van der Waals surface area contributed by atoms with Crippen molar-refractivity contribution in [3.8, 4) is 5.75 Å². The molecule has 1 aromatic carbocycles. The first-order valence-corrected chi connectivity index (χ1v) is 5.23. The Balaban J connectivity index is 2.22. The van der Waals surface area contributed by atoms with E-state index in [0.29, 0.717) is 6.54 Å². The van der Waals surface area contributed by atoms with E-state index in [1.807, 2.05) is 25.1 Å². The van der Waals surface area contributed by atoms with E-state index in [1.165, 1.54) is 0 Å². The summed E-state index contributed by atoms with van der Waals surface area (Å²) >= 11 is 0. The Morgan fingerprint density at radius 3 is 2.94 bits per heavy atom. The Morgan fingerprint density at radius 2 is 2.31 bits per heavy atom. The van der Waals surface area contributed by atoms with E-state index in [9.17, 15) is 4.79 Å². The van der Waals surface area contributed by atoms with Crippen molar-refractivity contribution in [1.29, 1.82) is 0 Å². The van der Waals surface area contributed by atoms with Gasteiger partial charge in [0.15, 0.2) is 0 Å². The first kappa shape index (κ1) is 11.0. The van der Waals surface area contributed by atoms with Gasteiger partial charge in [-0.25, -0.2) is 0 Å². The lowest BCUT2D eigenvalue weighted by atomic mass is 10.0. The molecule has 0 saturated carbocycles. The van der Waals surface area contributed by atoms with Crippen LogP contribution in [0.4, 0.5) is 0 Å². The van der Waals surface area contributed by atoms with Crippen molar-refractivity contribution in [2.24, 2.45) is 0 Å². The average molecular weight is 221 g/mol. The van der Waals surface area contributed by atoms with Crippen LogP contribution in [0.5, 0.6) is 5.75 Å². The van der Waals surface area contributed by atoms with Crippen molar-refractivity contribution in [3.63, 3.8) is 0 Å². The fourth-order valence-electron chi connectivity index (χ4n) is 1.78. The number of carbonyl (C=O) groups excluding carboxylic acids is 1. The van der Waals surface area contributed by atoms with Crippen molar-refractivity contribution in [3.05, 3.63) is 29.3 Å². The largest absolute Gasteiger partial charge is 0.496 e. The number of morpholine rings is 1. The number of benzene rings is 1. The monoisotopic (exact) mass is 221 g/mol. The summed E-state index contributed by atoms with van der Waals surface area (Å²) < 4.78 is 10.8. The van der Waals surface area contributed by atoms with Crippen molar-refractivity contribution >= 4 is 5.91 Å². The molecule has 0 aromatic heterocycles. The zero-order valence-electron chi connectivity index (χ0n) is 9.45. The minimum absolute atomic E-state index is 0.0673. The molecule has 1 saturated heterocycles. The normalized spacial score (nSPS) is 20.4. The average Bonchev–Trinajstić information content (AvgIpc) is 2.30. The number of rotatable bonds is 2. The van der Waals surface area contributed by atoms with Crippen LogP contribution in [-0.2, 0) is 9.53 Å². The number of amides is 1. The molecular formula is C12H15NO3. The highest BCUT2D eigenvalue weighted by Crippen LogP contribution is 2.29. The standard InChI is InChI=1S/C12H15NO3/c1-8-3-4-9(10(5-8)15-2)11-6-13-12(14)7-16-11/h3-5,11H,6-7H2,1-2H3,(H,13,14)/t11-/m1/s1. The van der Waals surface area contributed by atoms with Crippen LogP contribution >= 0.6 is 0 Å². The second-order valence-corrected chi connectivity index (χ2v) is 3.85. The summed E-state index contributed by atoms with van der Waals surface area (Å²) in [4.78, 5) is 11.0.